The van der Waals surface area contributed by atoms with Gasteiger partial charge in [-0.25, -0.2) is 0 Å². The predicted molar refractivity (Wildman–Crippen MR) is 76.5 cm³/mol. The van der Waals surface area contributed by atoms with Crippen LogP contribution in [0.3, 0.4) is 0 Å². The fraction of sp³-hybridized carbons (Fsp3) is 0.176. The summed E-state index contributed by atoms with van der Waals surface area (Å²) in [6.45, 7) is 0. The molecular formula is C17H17N. The van der Waals surface area contributed by atoms with Gasteiger partial charge in [0.05, 0.1) is 0 Å². The zero-order valence-corrected chi connectivity index (χ0v) is 10.6. The topological polar surface area (TPSA) is 12.0 Å². The highest BCUT2D eigenvalue weighted by atomic mass is 14.8. The van der Waals surface area contributed by atoms with Crippen LogP contribution in [0.2, 0.25) is 0 Å². The van der Waals surface area contributed by atoms with Gasteiger partial charge in [0.2, 0.25) is 0 Å². The Morgan fingerprint density at radius 3 is 2.50 bits per heavy atom. The van der Waals surface area contributed by atoms with Gasteiger partial charge in [-0.1, -0.05) is 48.5 Å². The fourth-order valence-corrected chi connectivity index (χ4v) is 2.69. The Labute approximate surface area is 108 Å². The summed E-state index contributed by atoms with van der Waals surface area (Å²) in [7, 11) is 1.93. The lowest BCUT2D eigenvalue weighted by molar-refractivity contribution is 0.707. The van der Waals surface area contributed by atoms with E-state index in [1.165, 1.54) is 28.7 Å². The van der Waals surface area contributed by atoms with E-state index < -0.39 is 0 Å². The van der Waals surface area contributed by atoms with E-state index in [2.05, 4.69) is 59.9 Å². The number of fused-ring (bicyclic) bond motifs is 1. The van der Waals surface area contributed by atoms with Gasteiger partial charge >= 0.3 is 0 Å². The van der Waals surface area contributed by atoms with Crippen molar-refractivity contribution in [1.29, 1.82) is 0 Å². The van der Waals surface area contributed by atoms with E-state index in [4.69, 9.17) is 0 Å². The molecular weight excluding hydrogens is 218 g/mol. The summed E-state index contributed by atoms with van der Waals surface area (Å²) in [6, 6.07) is 17.4. The second kappa shape index (κ2) is 4.69. The third-order valence-corrected chi connectivity index (χ3v) is 3.66. The predicted octanol–water partition coefficient (Wildman–Crippen LogP) is 3.56. The smallest absolute Gasteiger partial charge is 0.0138 e. The molecule has 1 unspecified atom stereocenters. The molecule has 18 heavy (non-hydrogen) atoms. The Morgan fingerprint density at radius 2 is 1.72 bits per heavy atom. The van der Waals surface area contributed by atoms with Crippen molar-refractivity contribution in [2.24, 2.45) is 0 Å². The molecule has 0 bridgehead atoms. The molecule has 1 heteroatoms. The molecule has 0 amide bonds. The SMILES string of the molecule is CNC=Cc1ccccc1C1Cc2ccccc21. The average Bonchev–Trinajstić information content (AvgIpc) is 2.39. The number of benzene rings is 2. The van der Waals surface area contributed by atoms with E-state index >= 15 is 0 Å². The highest BCUT2D eigenvalue weighted by Crippen LogP contribution is 2.41. The molecule has 1 nitrogen and oxygen atoms in total. The van der Waals surface area contributed by atoms with Gasteiger partial charge in [0.25, 0.3) is 0 Å². The van der Waals surface area contributed by atoms with Gasteiger partial charge in [0.1, 0.15) is 0 Å². The molecule has 0 fully saturated rings. The summed E-state index contributed by atoms with van der Waals surface area (Å²) < 4.78 is 0. The maximum Gasteiger partial charge on any atom is 0.0138 e. The van der Waals surface area contributed by atoms with Crippen molar-refractivity contribution in [3.63, 3.8) is 0 Å². The van der Waals surface area contributed by atoms with Crippen molar-refractivity contribution in [3.8, 4) is 0 Å². The number of nitrogens with one attached hydrogen (secondary N) is 1. The van der Waals surface area contributed by atoms with Gasteiger partial charge in [-0.2, -0.15) is 0 Å². The van der Waals surface area contributed by atoms with E-state index in [1.54, 1.807) is 0 Å². The summed E-state index contributed by atoms with van der Waals surface area (Å²) in [5.74, 6) is 0.568. The third-order valence-electron chi connectivity index (χ3n) is 3.66. The zero-order chi connectivity index (χ0) is 12.4. The highest BCUT2D eigenvalue weighted by molar-refractivity contribution is 5.59. The zero-order valence-electron chi connectivity index (χ0n) is 10.6. The third kappa shape index (κ3) is 1.82. The van der Waals surface area contributed by atoms with Crippen LogP contribution in [0, 0.1) is 0 Å². The van der Waals surface area contributed by atoms with Crippen molar-refractivity contribution in [2.45, 2.75) is 12.3 Å². The molecule has 1 atom stereocenters. The normalized spacial score (nSPS) is 17.3. The first kappa shape index (κ1) is 11.1. The molecule has 0 aromatic heterocycles. The van der Waals surface area contributed by atoms with Gasteiger partial charge in [-0.15, -0.1) is 0 Å². The average molecular weight is 235 g/mol. The molecule has 0 heterocycles. The van der Waals surface area contributed by atoms with Gasteiger partial charge in [-0.05, 0) is 41.0 Å². The van der Waals surface area contributed by atoms with E-state index in [-0.39, 0.29) is 0 Å². The monoisotopic (exact) mass is 235 g/mol. The van der Waals surface area contributed by atoms with E-state index in [0.29, 0.717) is 5.92 Å². The minimum Gasteiger partial charge on any atom is -0.394 e. The van der Waals surface area contributed by atoms with Gasteiger partial charge in [-0.3, -0.25) is 0 Å². The lowest BCUT2D eigenvalue weighted by atomic mass is 9.72. The largest absolute Gasteiger partial charge is 0.394 e. The van der Waals surface area contributed by atoms with Crippen molar-refractivity contribution in [3.05, 3.63) is 77.0 Å². The van der Waals surface area contributed by atoms with E-state index in [9.17, 15) is 0 Å². The molecule has 0 spiro atoms. The molecule has 2 aromatic rings. The van der Waals surface area contributed by atoms with Crippen LogP contribution in [-0.2, 0) is 6.42 Å². The fourth-order valence-electron chi connectivity index (χ4n) is 2.69. The Kier molecular flexibility index (Phi) is 2.89. The molecule has 90 valence electrons. The molecule has 0 aliphatic heterocycles. The number of hydrogen-bond acceptors (Lipinski definition) is 1. The molecule has 3 rings (SSSR count). The summed E-state index contributed by atoms with van der Waals surface area (Å²) in [5.41, 5.74) is 5.73. The summed E-state index contributed by atoms with van der Waals surface area (Å²) in [4.78, 5) is 0. The Hall–Kier alpha value is -2.02. The van der Waals surface area contributed by atoms with Crippen molar-refractivity contribution in [1.82, 2.24) is 5.32 Å². The van der Waals surface area contributed by atoms with Gasteiger partial charge in [0, 0.05) is 13.0 Å². The van der Waals surface area contributed by atoms with Crippen LogP contribution in [0.15, 0.2) is 54.7 Å². The molecule has 1 N–H and O–H groups in total. The number of hydrogen-bond donors (Lipinski definition) is 1. The minimum absolute atomic E-state index is 0.568. The second-order valence-electron chi connectivity index (χ2n) is 4.71. The molecule has 0 radical (unpaired) electrons. The van der Waals surface area contributed by atoms with Crippen LogP contribution in [0.5, 0.6) is 0 Å². The summed E-state index contributed by atoms with van der Waals surface area (Å²) in [5, 5.41) is 3.06. The van der Waals surface area contributed by atoms with Crippen molar-refractivity contribution < 1.29 is 0 Å². The quantitative estimate of drug-likeness (QED) is 0.857. The van der Waals surface area contributed by atoms with Crippen LogP contribution >= 0.6 is 0 Å². The lowest BCUT2D eigenvalue weighted by Crippen LogP contribution is -2.18. The van der Waals surface area contributed by atoms with Crippen LogP contribution in [0.25, 0.3) is 6.08 Å². The van der Waals surface area contributed by atoms with Gasteiger partial charge in [0.15, 0.2) is 0 Å². The van der Waals surface area contributed by atoms with Crippen molar-refractivity contribution in [2.75, 3.05) is 7.05 Å². The second-order valence-corrected chi connectivity index (χ2v) is 4.71. The Balaban J connectivity index is 1.97. The summed E-state index contributed by atoms with van der Waals surface area (Å²) in [6.07, 6.45) is 5.31. The molecule has 2 aromatic carbocycles. The molecule has 1 aliphatic rings. The van der Waals surface area contributed by atoms with Crippen LogP contribution in [0.1, 0.15) is 28.2 Å². The molecule has 1 aliphatic carbocycles. The Bertz CT molecular complexity index is 584. The van der Waals surface area contributed by atoms with Crippen LogP contribution in [-0.4, -0.2) is 7.05 Å². The van der Waals surface area contributed by atoms with Gasteiger partial charge < -0.3 is 5.32 Å². The number of rotatable bonds is 3. The Morgan fingerprint density at radius 1 is 1.00 bits per heavy atom. The summed E-state index contributed by atoms with van der Waals surface area (Å²) >= 11 is 0. The maximum absolute atomic E-state index is 3.06. The molecule has 0 saturated carbocycles. The van der Waals surface area contributed by atoms with E-state index in [0.717, 1.165) is 0 Å². The molecule has 0 saturated heterocycles. The van der Waals surface area contributed by atoms with E-state index in [1.807, 2.05) is 13.2 Å². The minimum atomic E-state index is 0.568. The lowest BCUT2D eigenvalue weighted by Gasteiger charge is -2.31. The maximum atomic E-state index is 3.06. The first-order chi connectivity index (χ1) is 8.90. The van der Waals surface area contributed by atoms with Crippen molar-refractivity contribution >= 4 is 6.08 Å². The first-order valence-electron chi connectivity index (χ1n) is 6.40. The van der Waals surface area contributed by atoms with Crippen LogP contribution in [0.4, 0.5) is 0 Å². The standard InChI is InChI=1S/C17H17N/c1-18-11-10-13-6-2-4-8-15(13)17-12-14-7-3-5-9-16(14)17/h2-11,17-18H,12H2,1H3. The van der Waals surface area contributed by atoms with Crippen LogP contribution < -0.4 is 5.32 Å². The highest BCUT2D eigenvalue weighted by Gasteiger charge is 2.27. The first-order valence-corrected chi connectivity index (χ1v) is 6.40.